The third kappa shape index (κ3) is 3.03. The molecule has 1 spiro atoms. The molecular weight excluding hydrogens is 407 g/mol. The van der Waals surface area contributed by atoms with E-state index in [1.807, 2.05) is 12.1 Å². The minimum atomic E-state index is 0.109. The summed E-state index contributed by atoms with van der Waals surface area (Å²) in [4.78, 5) is 0. The highest BCUT2D eigenvalue weighted by Crippen LogP contribution is 2.44. The number of alkyl halides is 1. The van der Waals surface area contributed by atoms with Crippen molar-refractivity contribution in [2.45, 2.75) is 49.7 Å². The maximum Gasteiger partial charge on any atom is 0.148 e. The van der Waals surface area contributed by atoms with Crippen molar-refractivity contribution in [1.29, 1.82) is 0 Å². The molecule has 3 rings (SSSR count). The van der Waals surface area contributed by atoms with Crippen LogP contribution in [0.25, 0.3) is 0 Å². The molecule has 0 aromatic heterocycles. The summed E-state index contributed by atoms with van der Waals surface area (Å²) in [7, 11) is 0. The van der Waals surface area contributed by atoms with E-state index in [0.717, 1.165) is 39.7 Å². The van der Waals surface area contributed by atoms with Gasteiger partial charge in [-0.25, -0.2) is 0 Å². The third-order valence-electron chi connectivity index (χ3n) is 4.21. The highest BCUT2D eigenvalue weighted by Gasteiger charge is 2.43. The van der Waals surface area contributed by atoms with E-state index in [0.29, 0.717) is 5.88 Å². The van der Waals surface area contributed by atoms with Crippen LogP contribution in [0.3, 0.4) is 0 Å². The summed E-state index contributed by atoms with van der Waals surface area (Å²) in [6.45, 7) is 0.805. The van der Waals surface area contributed by atoms with Crippen molar-refractivity contribution >= 4 is 43.5 Å². The Kier molecular flexibility index (Phi) is 4.66. The molecule has 1 atom stereocenters. The molecule has 1 saturated carbocycles. The van der Waals surface area contributed by atoms with Gasteiger partial charge in [-0.15, -0.1) is 11.6 Å². The zero-order chi connectivity index (χ0) is 14.2. The van der Waals surface area contributed by atoms with E-state index in [-0.39, 0.29) is 11.7 Å². The Bertz CT molecular complexity index is 480. The Labute approximate surface area is 141 Å². The first-order chi connectivity index (χ1) is 9.62. The predicted molar refractivity (Wildman–Crippen MR) is 87.6 cm³/mol. The lowest BCUT2D eigenvalue weighted by atomic mass is 9.74. The molecule has 1 unspecified atom stereocenters. The van der Waals surface area contributed by atoms with Gasteiger partial charge in [0.1, 0.15) is 11.9 Å². The van der Waals surface area contributed by atoms with Gasteiger partial charge in [0.2, 0.25) is 0 Å². The normalized spacial score (nSPS) is 24.4. The quantitative estimate of drug-likeness (QED) is 0.603. The van der Waals surface area contributed by atoms with Crippen molar-refractivity contribution in [1.82, 2.24) is 0 Å². The van der Waals surface area contributed by atoms with Gasteiger partial charge >= 0.3 is 0 Å². The van der Waals surface area contributed by atoms with Crippen LogP contribution in [-0.2, 0) is 10.6 Å². The zero-order valence-electron chi connectivity index (χ0n) is 11.1. The fourth-order valence-corrected chi connectivity index (χ4v) is 4.59. The van der Waals surface area contributed by atoms with Gasteiger partial charge in [-0.1, -0.05) is 0 Å². The highest BCUT2D eigenvalue weighted by atomic mass is 79.9. The van der Waals surface area contributed by atoms with Crippen LogP contribution >= 0.6 is 43.5 Å². The zero-order valence-corrected chi connectivity index (χ0v) is 15.1. The first kappa shape index (κ1) is 15.1. The van der Waals surface area contributed by atoms with E-state index in [2.05, 4.69) is 31.9 Å². The molecule has 1 aromatic rings. The van der Waals surface area contributed by atoms with Crippen LogP contribution in [0, 0.1) is 0 Å². The van der Waals surface area contributed by atoms with Gasteiger partial charge in [-0.3, -0.25) is 0 Å². The van der Waals surface area contributed by atoms with Crippen LogP contribution in [0.15, 0.2) is 21.1 Å². The Balaban J connectivity index is 1.74. The molecule has 0 bridgehead atoms. The average molecular weight is 425 g/mol. The lowest BCUT2D eigenvalue weighted by Crippen LogP contribution is -2.48. The topological polar surface area (TPSA) is 18.5 Å². The molecule has 2 fully saturated rings. The Hall–Kier alpha value is 0.230. The second-order valence-corrected chi connectivity index (χ2v) is 7.62. The Morgan fingerprint density at radius 1 is 1.30 bits per heavy atom. The Morgan fingerprint density at radius 2 is 2.00 bits per heavy atom. The molecular formula is C15H17Br2ClO2. The van der Waals surface area contributed by atoms with Crippen molar-refractivity contribution in [2.24, 2.45) is 0 Å². The second kappa shape index (κ2) is 6.15. The molecule has 0 N–H and O–H groups in total. The SMILES string of the molecule is ClCc1cc(Br)c(OC2CCOC3(CCC3)C2)c(Br)c1. The van der Waals surface area contributed by atoms with Gasteiger partial charge in [0.25, 0.3) is 0 Å². The molecule has 0 amide bonds. The van der Waals surface area contributed by atoms with Gasteiger partial charge in [0.15, 0.2) is 0 Å². The molecule has 5 heteroatoms. The molecule has 1 heterocycles. The van der Waals surface area contributed by atoms with Crippen molar-refractivity contribution in [3.05, 3.63) is 26.6 Å². The van der Waals surface area contributed by atoms with E-state index in [1.165, 1.54) is 19.3 Å². The van der Waals surface area contributed by atoms with Gasteiger partial charge in [0.05, 0.1) is 21.2 Å². The van der Waals surface area contributed by atoms with Crippen molar-refractivity contribution in [3.63, 3.8) is 0 Å². The lowest BCUT2D eigenvalue weighted by Gasteiger charge is -2.47. The standard InChI is InChI=1S/C15H17Br2ClO2/c16-12-6-10(9-18)7-13(17)14(12)20-11-2-5-19-15(8-11)3-1-4-15/h6-7,11H,1-5,8-9H2. The second-order valence-electron chi connectivity index (χ2n) is 5.64. The summed E-state index contributed by atoms with van der Waals surface area (Å²) in [5.74, 6) is 1.37. The highest BCUT2D eigenvalue weighted by molar-refractivity contribution is 9.11. The maximum atomic E-state index is 6.23. The number of hydrogen-bond acceptors (Lipinski definition) is 2. The first-order valence-electron chi connectivity index (χ1n) is 6.96. The molecule has 20 heavy (non-hydrogen) atoms. The average Bonchev–Trinajstić information content (AvgIpc) is 2.41. The largest absolute Gasteiger partial charge is 0.488 e. The molecule has 0 radical (unpaired) electrons. The first-order valence-corrected chi connectivity index (χ1v) is 9.08. The smallest absolute Gasteiger partial charge is 0.148 e. The Morgan fingerprint density at radius 3 is 2.55 bits per heavy atom. The molecule has 1 aliphatic heterocycles. The van der Waals surface area contributed by atoms with Gasteiger partial charge in [-0.05, 0) is 68.8 Å². The van der Waals surface area contributed by atoms with E-state index in [9.17, 15) is 0 Å². The molecule has 1 aromatic carbocycles. The summed E-state index contributed by atoms with van der Waals surface area (Å²) in [6.07, 6.45) is 5.84. The van der Waals surface area contributed by atoms with Crippen molar-refractivity contribution in [2.75, 3.05) is 6.61 Å². The fourth-order valence-electron chi connectivity index (χ4n) is 2.97. The minimum absolute atomic E-state index is 0.109. The van der Waals surface area contributed by atoms with Gasteiger partial charge < -0.3 is 9.47 Å². The van der Waals surface area contributed by atoms with Crippen LogP contribution < -0.4 is 4.74 Å². The molecule has 2 aliphatic rings. The van der Waals surface area contributed by atoms with Crippen LogP contribution in [0.1, 0.15) is 37.7 Å². The maximum absolute atomic E-state index is 6.23. The van der Waals surface area contributed by atoms with Crippen LogP contribution in [0.5, 0.6) is 5.75 Å². The molecule has 110 valence electrons. The minimum Gasteiger partial charge on any atom is -0.488 e. The lowest BCUT2D eigenvalue weighted by molar-refractivity contribution is -0.153. The molecule has 2 nitrogen and oxygen atoms in total. The van der Waals surface area contributed by atoms with E-state index < -0.39 is 0 Å². The number of ether oxygens (including phenoxy) is 2. The third-order valence-corrected chi connectivity index (χ3v) is 5.70. The van der Waals surface area contributed by atoms with E-state index in [4.69, 9.17) is 21.1 Å². The van der Waals surface area contributed by atoms with Crippen molar-refractivity contribution < 1.29 is 9.47 Å². The van der Waals surface area contributed by atoms with Gasteiger partial charge in [0, 0.05) is 18.7 Å². The van der Waals surface area contributed by atoms with Crippen molar-refractivity contribution in [3.8, 4) is 5.75 Å². The predicted octanol–water partition coefficient (Wildman–Crippen LogP) is 5.43. The summed E-state index contributed by atoms with van der Waals surface area (Å²) in [6, 6.07) is 4.04. The van der Waals surface area contributed by atoms with E-state index in [1.54, 1.807) is 0 Å². The molecule has 1 aliphatic carbocycles. The van der Waals surface area contributed by atoms with Crippen LogP contribution in [-0.4, -0.2) is 18.3 Å². The number of hydrogen-bond donors (Lipinski definition) is 0. The van der Waals surface area contributed by atoms with Crippen LogP contribution in [0.2, 0.25) is 0 Å². The summed E-state index contributed by atoms with van der Waals surface area (Å²) < 4.78 is 14.1. The summed E-state index contributed by atoms with van der Waals surface area (Å²) >= 11 is 13.0. The summed E-state index contributed by atoms with van der Waals surface area (Å²) in [5, 5.41) is 0. The molecule has 1 saturated heterocycles. The number of benzene rings is 1. The fraction of sp³-hybridized carbons (Fsp3) is 0.600. The van der Waals surface area contributed by atoms with Crippen LogP contribution in [0.4, 0.5) is 0 Å². The number of halogens is 3. The summed E-state index contributed by atoms with van der Waals surface area (Å²) in [5.41, 5.74) is 1.18. The monoisotopic (exact) mass is 422 g/mol. The number of rotatable bonds is 3. The van der Waals surface area contributed by atoms with Gasteiger partial charge in [-0.2, -0.15) is 0 Å². The van der Waals surface area contributed by atoms with E-state index >= 15 is 0 Å².